The van der Waals surface area contributed by atoms with Crippen LogP contribution in [0.2, 0.25) is 0 Å². The Hall–Kier alpha value is -3.07. The van der Waals surface area contributed by atoms with Gasteiger partial charge in [0.05, 0.1) is 13.2 Å². The number of hydrogen-bond acceptors (Lipinski definition) is 8. The first-order valence-corrected chi connectivity index (χ1v) is 36.2. The second-order valence-electron chi connectivity index (χ2n) is 23.0. The largest absolute Gasteiger partial charge is 0.472 e. The maximum atomic E-state index is 12.7. The minimum atomic E-state index is -4.40. The third-order valence-corrected chi connectivity index (χ3v) is 15.9. The first kappa shape index (κ1) is 79.9. The van der Waals surface area contributed by atoms with Crippen molar-refractivity contribution >= 4 is 19.8 Å². The van der Waals surface area contributed by atoms with Crippen molar-refractivity contribution in [1.82, 2.24) is 0 Å². The summed E-state index contributed by atoms with van der Waals surface area (Å²) in [5.41, 5.74) is 5.39. The predicted molar refractivity (Wildman–Crippen MR) is 358 cm³/mol. The van der Waals surface area contributed by atoms with Crippen LogP contribution >= 0.6 is 7.82 Å². The lowest BCUT2D eigenvalue weighted by Crippen LogP contribution is -2.29. The van der Waals surface area contributed by atoms with Crippen LogP contribution < -0.4 is 5.73 Å². The number of hydrogen-bond donors (Lipinski definition) is 2. The molecular weight excluding hydrogens is 1050 g/mol. The fourth-order valence-electron chi connectivity index (χ4n) is 9.85. The Balaban J connectivity index is 3.80. The molecule has 0 aliphatic carbocycles. The molecule has 0 bridgehead atoms. The van der Waals surface area contributed by atoms with E-state index in [4.69, 9.17) is 24.3 Å². The van der Waals surface area contributed by atoms with Crippen LogP contribution in [0.15, 0.2) is 97.2 Å². The first-order chi connectivity index (χ1) is 40.8. The molecule has 9 nitrogen and oxygen atoms in total. The van der Waals surface area contributed by atoms with Crippen molar-refractivity contribution in [3.63, 3.8) is 0 Å². The lowest BCUT2D eigenvalue weighted by molar-refractivity contribution is -0.161. The van der Waals surface area contributed by atoms with Crippen LogP contribution in [0.3, 0.4) is 0 Å². The van der Waals surface area contributed by atoms with E-state index in [1.165, 1.54) is 193 Å². The van der Waals surface area contributed by atoms with Crippen LogP contribution in [0.5, 0.6) is 0 Å². The number of rotatable bonds is 65. The van der Waals surface area contributed by atoms with Crippen molar-refractivity contribution in [2.24, 2.45) is 5.73 Å². The van der Waals surface area contributed by atoms with E-state index in [9.17, 15) is 19.0 Å². The molecule has 0 aliphatic rings. The highest BCUT2D eigenvalue weighted by Gasteiger charge is 2.26. The summed E-state index contributed by atoms with van der Waals surface area (Å²) < 4.78 is 33.1. The molecule has 0 saturated heterocycles. The summed E-state index contributed by atoms with van der Waals surface area (Å²) in [6.45, 7) is 3.62. The highest BCUT2D eigenvalue weighted by molar-refractivity contribution is 7.47. The number of allylic oxidation sites excluding steroid dienone is 16. The van der Waals surface area contributed by atoms with Gasteiger partial charge in [-0.2, -0.15) is 0 Å². The highest BCUT2D eigenvalue weighted by atomic mass is 31.2. The number of ether oxygens (including phenoxy) is 2. The van der Waals surface area contributed by atoms with Crippen LogP contribution in [-0.4, -0.2) is 49.3 Å². The molecule has 0 aromatic rings. The Morgan fingerprint density at radius 3 is 0.988 bits per heavy atom. The van der Waals surface area contributed by atoms with Gasteiger partial charge in [-0.25, -0.2) is 4.57 Å². The Bertz CT molecular complexity index is 1680. The summed E-state index contributed by atoms with van der Waals surface area (Å²) in [5, 5.41) is 0. The number of carbonyl (C=O) groups is 2. The third-order valence-electron chi connectivity index (χ3n) is 15.0. The summed E-state index contributed by atoms with van der Waals surface area (Å²) in [4.78, 5) is 35.3. The molecule has 2 unspecified atom stereocenters. The topological polar surface area (TPSA) is 134 Å². The van der Waals surface area contributed by atoms with Crippen molar-refractivity contribution in [1.29, 1.82) is 0 Å². The molecule has 10 heteroatoms. The molecule has 0 aromatic heterocycles. The second kappa shape index (κ2) is 68.0. The van der Waals surface area contributed by atoms with Crippen LogP contribution in [0.1, 0.15) is 322 Å². The molecule has 0 heterocycles. The van der Waals surface area contributed by atoms with Gasteiger partial charge < -0.3 is 20.1 Å². The molecule has 0 aromatic carbocycles. The van der Waals surface area contributed by atoms with Crippen molar-refractivity contribution < 1.29 is 37.6 Å². The summed E-state index contributed by atoms with van der Waals surface area (Å²) in [6, 6.07) is 0. The maximum Gasteiger partial charge on any atom is 0.472 e. The quantitative estimate of drug-likeness (QED) is 0.0264. The zero-order chi connectivity index (χ0) is 60.1. The number of nitrogens with two attached hydrogens (primary N) is 1. The van der Waals surface area contributed by atoms with Gasteiger partial charge in [-0.1, -0.05) is 310 Å². The fraction of sp³-hybridized carbons (Fsp3) is 0.753. The fourth-order valence-corrected chi connectivity index (χ4v) is 10.6. The zero-order valence-electron chi connectivity index (χ0n) is 53.9. The van der Waals surface area contributed by atoms with E-state index in [2.05, 4.69) is 111 Å². The average molecular weight is 1180 g/mol. The van der Waals surface area contributed by atoms with Crippen LogP contribution in [-0.2, 0) is 32.7 Å². The van der Waals surface area contributed by atoms with Crippen molar-refractivity contribution in [3.8, 4) is 0 Å². The third kappa shape index (κ3) is 67.9. The molecule has 83 heavy (non-hydrogen) atoms. The average Bonchev–Trinajstić information content (AvgIpc) is 3.49. The molecule has 2 atom stereocenters. The molecule has 0 saturated carbocycles. The Morgan fingerprint density at radius 1 is 0.373 bits per heavy atom. The standard InChI is InChI=1S/C73H130NO8P/c1-3-5-7-9-11-13-15-17-19-21-23-25-26-27-28-29-30-31-32-33-34-35-36-37-38-39-40-41-42-43-44-46-47-49-51-53-55-57-59-61-63-65-72(75)79-69-71(70-81-83(77,78)80-68-67-74)82-73(76)66-64-62-60-58-56-54-52-50-48-45-24-22-20-18-16-14-12-10-8-6-4-2/h6,8,12,14-15,17-18,20-21,23-24,26-27,45,50,52,71H,3-5,7,9-11,13,16,19,22,25,28-44,46-49,51,53-70,74H2,1-2H3,(H,77,78)/b8-6-,14-12-,17-15-,20-18-,23-21-,27-26-,45-24-,52-50-. The van der Waals surface area contributed by atoms with Gasteiger partial charge in [0, 0.05) is 19.4 Å². The van der Waals surface area contributed by atoms with E-state index >= 15 is 0 Å². The van der Waals surface area contributed by atoms with Crippen LogP contribution in [0, 0.1) is 0 Å². The summed E-state index contributed by atoms with van der Waals surface area (Å²) in [6.07, 6.45) is 92.3. The van der Waals surface area contributed by atoms with Crippen LogP contribution in [0.4, 0.5) is 0 Å². The summed E-state index contributed by atoms with van der Waals surface area (Å²) in [7, 11) is -4.40. The van der Waals surface area contributed by atoms with Crippen molar-refractivity contribution in [2.45, 2.75) is 328 Å². The van der Waals surface area contributed by atoms with Gasteiger partial charge in [0.2, 0.25) is 0 Å². The molecule has 0 amide bonds. The molecular formula is C73H130NO8P. The number of phosphoric ester groups is 1. The molecule has 0 rings (SSSR count). The molecule has 0 fully saturated rings. The van der Waals surface area contributed by atoms with E-state index in [0.717, 1.165) is 96.3 Å². The molecule has 0 spiro atoms. The lowest BCUT2D eigenvalue weighted by Gasteiger charge is -2.19. The Morgan fingerprint density at radius 2 is 0.663 bits per heavy atom. The van der Waals surface area contributed by atoms with Gasteiger partial charge in [-0.3, -0.25) is 18.6 Å². The van der Waals surface area contributed by atoms with Gasteiger partial charge in [0.15, 0.2) is 6.10 Å². The lowest BCUT2D eigenvalue weighted by atomic mass is 10.0. The molecule has 0 aliphatic heterocycles. The Labute approximate surface area is 512 Å². The van der Waals surface area contributed by atoms with Crippen molar-refractivity contribution in [3.05, 3.63) is 97.2 Å². The smallest absolute Gasteiger partial charge is 0.462 e. The monoisotopic (exact) mass is 1180 g/mol. The minimum Gasteiger partial charge on any atom is -0.462 e. The van der Waals surface area contributed by atoms with Gasteiger partial charge in [0.25, 0.3) is 0 Å². The number of carbonyl (C=O) groups excluding carboxylic acids is 2. The SMILES string of the molecule is CC/C=C\C/C=C\C/C=C\C/C=C\C/C=C\CCCCCCCC(=O)OC(COC(=O)CCCCCCCCCCCCCCCCCCCCCCCCCCCC/C=C\C/C=C\C/C=C\CCCCCCC)COP(=O)(O)OCCN. The molecule has 0 radical (unpaired) electrons. The molecule has 480 valence electrons. The maximum absolute atomic E-state index is 12.7. The van der Waals surface area contributed by atoms with E-state index in [1.54, 1.807) is 0 Å². The van der Waals surface area contributed by atoms with Gasteiger partial charge in [0.1, 0.15) is 6.61 Å². The van der Waals surface area contributed by atoms with Crippen molar-refractivity contribution in [2.75, 3.05) is 26.4 Å². The normalized spacial score (nSPS) is 13.5. The van der Waals surface area contributed by atoms with Gasteiger partial charge >= 0.3 is 19.8 Å². The highest BCUT2D eigenvalue weighted by Crippen LogP contribution is 2.43. The van der Waals surface area contributed by atoms with E-state index in [-0.39, 0.29) is 38.6 Å². The molecule has 3 N–H and O–H groups in total. The zero-order valence-corrected chi connectivity index (χ0v) is 54.8. The summed E-state index contributed by atoms with van der Waals surface area (Å²) in [5.74, 6) is -0.842. The summed E-state index contributed by atoms with van der Waals surface area (Å²) >= 11 is 0. The van der Waals surface area contributed by atoms with E-state index in [1.807, 2.05) is 0 Å². The number of unbranched alkanes of at least 4 members (excludes halogenated alkanes) is 36. The first-order valence-electron chi connectivity index (χ1n) is 34.7. The van der Waals surface area contributed by atoms with Gasteiger partial charge in [-0.15, -0.1) is 0 Å². The van der Waals surface area contributed by atoms with E-state index in [0.29, 0.717) is 6.42 Å². The van der Waals surface area contributed by atoms with Gasteiger partial charge in [-0.05, 0) is 96.3 Å². The minimum absolute atomic E-state index is 0.0471. The van der Waals surface area contributed by atoms with E-state index < -0.39 is 26.5 Å². The predicted octanol–water partition coefficient (Wildman–Crippen LogP) is 22.7. The second-order valence-corrected chi connectivity index (χ2v) is 24.5. The number of phosphoric acid groups is 1. The van der Waals surface area contributed by atoms with Crippen LogP contribution in [0.25, 0.3) is 0 Å². The number of esters is 2. The Kier molecular flexibility index (Phi) is 65.5.